The molecule has 1 spiro atoms. The molecule has 0 amide bonds. The lowest BCUT2D eigenvalue weighted by atomic mass is 9.80. The van der Waals surface area contributed by atoms with Crippen molar-refractivity contribution in [2.45, 2.75) is 39.5 Å². The van der Waals surface area contributed by atoms with E-state index in [9.17, 15) is 0 Å². The Morgan fingerprint density at radius 1 is 1.22 bits per heavy atom. The van der Waals surface area contributed by atoms with Crippen molar-refractivity contribution in [3.8, 4) is 0 Å². The second kappa shape index (κ2) is 6.88. The highest BCUT2D eigenvalue weighted by molar-refractivity contribution is 4.91. The molecule has 2 heterocycles. The maximum absolute atomic E-state index is 5.50. The van der Waals surface area contributed by atoms with Gasteiger partial charge in [0.1, 0.15) is 0 Å². The van der Waals surface area contributed by atoms with Gasteiger partial charge in [-0.3, -0.25) is 0 Å². The molecule has 3 nitrogen and oxygen atoms in total. The van der Waals surface area contributed by atoms with Crippen LogP contribution in [0.5, 0.6) is 0 Å². The molecular formula is C15H30N2O. The summed E-state index contributed by atoms with van der Waals surface area (Å²) in [6.07, 6.45) is 5.26. The topological polar surface area (TPSA) is 24.5 Å². The van der Waals surface area contributed by atoms with Gasteiger partial charge in [0.25, 0.3) is 0 Å². The van der Waals surface area contributed by atoms with E-state index in [-0.39, 0.29) is 0 Å². The third-order valence-electron chi connectivity index (χ3n) is 4.45. The molecule has 2 fully saturated rings. The third-order valence-corrected chi connectivity index (χ3v) is 4.45. The SMILES string of the molecule is CC(C)CNCCCN1CCC2(CCOCC2)C1. The minimum Gasteiger partial charge on any atom is -0.381 e. The van der Waals surface area contributed by atoms with E-state index in [4.69, 9.17) is 4.74 Å². The van der Waals surface area contributed by atoms with Crippen LogP contribution in [0.15, 0.2) is 0 Å². The molecule has 2 rings (SSSR count). The summed E-state index contributed by atoms with van der Waals surface area (Å²) >= 11 is 0. The predicted octanol–water partition coefficient (Wildman–Crippen LogP) is 2.12. The Hall–Kier alpha value is -0.120. The molecule has 0 aromatic heterocycles. The van der Waals surface area contributed by atoms with Gasteiger partial charge in [-0.2, -0.15) is 0 Å². The van der Waals surface area contributed by atoms with E-state index in [1.807, 2.05) is 0 Å². The number of nitrogens with zero attached hydrogens (tertiary/aromatic N) is 1. The molecule has 1 N–H and O–H groups in total. The lowest BCUT2D eigenvalue weighted by Crippen LogP contribution is -2.34. The zero-order valence-electron chi connectivity index (χ0n) is 12.2. The first kappa shape index (κ1) is 14.3. The van der Waals surface area contributed by atoms with Crippen molar-refractivity contribution in [2.24, 2.45) is 11.3 Å². The van der Waals surface area contributed by atoms with E-state index >= 15 is 0 Å². The molecule has 0 aliphatic carbocycles. The molecule has 0 atom stereocenters. The van der Waals surface area contributed by atoms with Crippen molar-refractivity contribution in [3.05, 3.63) is 0 Å². The highest BCUT2D eigenvalue weighted by atomic mass is 16.5. The summed E-state index contributed by atoms with van der Waals surface area (Å²) in [6.45, 7) is 12.7. The fraction of sp³-hybridized carbons (Fsp3) is 1.00. The minimum absolute atomic E-state index is 0.615. The summed E-state index contributed by atoms with van der Waals surface area (Å²) in [5.74, 6) is 0.766. The quantitative estimate of drug-likeness (QED) is 0.735. The molecule has 0 saturated carbocycles. The summed E-state index contributed by atoms with van der Waals surface area (Å²) < 4.78 is 5.50. The van der Waals surface area contributed by atoms with E-state index in [0.717, 1.165) is 25.7 Å². The van der Waals surface area contributed by atoms with Crippen LogP contribution in [0.1, 0.15) is 39.5 Å². The van der Waals surface area contributed by atoms with Gasteiger partial charge in [0.2, 0.25) is 0 Å². The van der Waals surface area contributed by atoms with E-state index in [1.54, 1.807) is 0 Å². The summed E-state index contributed by atoms with van der Waals surface area (Å²) in [5.41, 5.74) is 0.615. The van der Waals surface area contributed by atoms with Crippen LogP contribution in [0.25, 0.3) is 0 Å². The van der Waals surface area contributed by atoms with Crippen LogP contribution >= 0.6 is 0 Å². The number of likely N-dealkylation sites (tertiary alicyclic amines) is 1. The number of ether oxygens (including phenoxy) is 1. The number of rotatable bonds is 6. The smallest absolute Gasteiger partial charge is 0.0471 e. The molecule has 0 aromatic carbocycles. The average molecular weight is 254 g/mol. The number of hydrogen-bond donors (Lipinski definition) is 1. The van der Waals surface area contributed by atoms with E-state index in [0.29, 0.717) is 5.41 Å². The first-order chi connectivity index (χ1) is 8.70. The van der Waals surface area contributed by atoms with Crippen LogP contribution in [-0.4, -0.2) is 50.8 Å². The summed E-state index contributed by atoms with van der Waals surface area (Å²) in [4.78, 5) is 2.67. The van der Waals surface area contributed by atoms with Gasteiger partial charge in [0, 0.05) is 19.8 Å². The normalized spacial score (nSPS) is 24.2. The van der Waals surface area contributed by atoms with E-state index in [1.165, 1.54) is 51.9 Å². The Kier molecular flexibility index (Phi) is 5.46. The van der Waals surface area contributed by atoms with Gasteiger partial charge in [0.05, 0.1) is 0 Å². The Morgan fingerprint density at radius 3 is 2.72 bits per heavy atom. The first-order valence-electron chi connectivity index (χ1n) is 7.71. The lowest BCUT2D eigenvalue weighted by molar-refractivity contribution is 0.0193. The fourth-order valence-electron chi connectivity index (χ4n) is 3.25. The Bertz CT molecular complexity index is 237. The first-order valence-corrected chi connectivity index (χ1v) is 7.71. The Morgan fingerprint density at radius 2 is 2.00 bits per heavy atom. The zero-order chi connectivity index (χ0) is 12.8. The molecule has 2 aliphatic rings. The van der Waals surface area contributed by atoms with Crippen molar-refractivity contribution in [1.82, 2.24) is 10.2 Å². The minimum atomic E-state index is 0.615. The second-order valence-corrected chi connectivity index (χ2v) is 6.59. The molecule has 3 heteroatoms. The van der Waals surface area contributed by atoms with Gasteiger partial charge < -0.3 is 15.0 Å². The molecule has 0 bridgehead atoms. The average Bonchev–Trinajstić information content (AvgIpc) is 2.72. The van der Waals surface area contributed by atoms with Gasteiger partial charge in [-0.25, -0.2) is 0 Å². The number of nitrogens with one attached hydrogen (secondary N) is 1. The van der Waals surface area contributed by atoms with E-state index in [2.05, 4.69) is 24.1 Å². The molecule has 2 saturated heterocycles. The van der Waals surface area contributed by atoms with Crippen molar-refractivity contribution < 1.29 is 4.74 Å². The summed E-state index contributed by atoms with van der Waals surface area (Å²) in [7, 11) is 0. The van der Waals surface area contributed by atoms with Crippen LogP contribution in [0.4, 0.5) is 0 Å². The van der Waals surface area contributed by atoms with E-state index < -0.39 is 0 Å². The largest absolute Gasteiger partial charge is 0.381 e. The van der Waals surface area contributed by atoms with Crippen LogP contribution in [0, 0.1) is 11.3 Å². The maximum Gasteiger partial charge on any atom is 0.0471 e. The van der Waals surface area contributed by atoms with Crippen molar-refractivity contribution >= 4 is 0 Å². The van der Waals surface area contributed by atoms with Crippen LogP contribution < -0.4 is 5.32 Å². The molecule has 18 heavy (non-hydrogen) atoms. The molecule has 2 aliphatic heterocycles. The van der Waals surface area contributed by atoms with Crippen LogP contribution in [0.2, 0.25) is 0 Å². The second-order valence-electron chi connectivity index (χ2n) is 6.59. The molecular weight excluding hydrogens is 224 g/mol. The standard InChI is InChI=1S/C15H30N2O/c1-14(2)12-16-7-3-8-17-9-4-15(13-17)5-10-18-11-6-15/h14,16H,3-13H2,1-2H3. The van der Waals surface area contributed by atoms with Crippen LogP contribution in [-0.2, 0) is 4.74 Å². The predicted molar refractivity (Wildman–Crippen MR) is 75.9 cm³/mol. The molecule has 0 radical (unpaired) electrons. The highest BCUT2D eigenvalue weighted by Crippen LogP contribution is 2.39. The molecule has 106 valence electrons. The van der Waals surface area contributed by atoms with Gasteiger partial charge in [-0.15, -0.1) is 0 Å². The van der Waals surface area contributed by atoms with Gasteiger partial charge in [0.15, 0.2) is 0 Å². The molecule has 0 unspecified atom stereocenters. The van der Waals surface area contributed by atoms with Crippen molar-refractivity contribution in [2.75, 3.05) is 45.9 Å². The maximum atomic E-state index is 5.50. The monoisotopic (exact) mass is 254 g/mol. The lowest BCUT2D eigenvalue weighted by Gasteiger charge is -2.33. The van der Waals surface area contributed by atoms with Crippen LogP contribution in [0.3, 0.4) is 0 Å². The van der Waals surface area contributed by atoms with Gasteiger partial charge >= 0.3 is 0 Å². The zero-order valence-corrected chi connectivity index (χ0v) is 12.2. The highest BCUT2D eigenvalue weighted by Gasteiger charge is 2.38. The fourth-order valence-corrected chi connectivity index (χ4v) is 3.25. The molecule has 0 aromatic rings. The number of hydrogen-bond acceptors (Lipinski definition) is 3. The Labute approximate surface area is 112 Å². The van der Waals surface area contributed by atoms with Gasteiger partial charge in [-0.05, 0) is 63.2 Å². The Balaban J connectivity index is 1.58. The summed E-state index contributed by atoms with van der Waals surface area (Å²) in [6, 6.07) is 0. The summed E-state index contributed by atoms with van der Waals surface area (Å²) in [5, 5.41) is 3.53. The van der Waals surface area contributed by atoms with Crippen molar-refractivity contribution in [1.29, 1.82) is 0 Å². The van der Waals surface area contributed by atoms with Crippen molar-refractivity contribution in [3.63, 3.8) is 0 Å². The third kappa shape index (κ3) is 4.22. The van der Waals surface area contributed by atoms with Gasteiger partial charge in [-0.1, -0.05) is 13.8 Å².